The van der Waals surface area contributed by atoms with E-state index in [0.29, 0.717) is 5.92 Å². The van der Waals surface area contributed by atoms with Crippen LogP contribution in [0, 0.1) is 0 Å². The van der Waals surface area contributed by atoms with Crippen LogP contribution in [0.15, 0.2) is 18.2 Å². The van der Waals surface area contributed by atoms with E-state index < -0.39 is 11.6 Å². The van der Waals surface area contributed by atoms with Crippen molar-refractivity contribution in [3.63, 3.8) is 0 Å². The SMILES string of the molecule is COc1ccc(C(O)C2(N)CC2)cc1C(C)C. The second-order valence-corrected chi connectivity index (χ2v) is 5.29. The molecule has 0 aromatic heterocycles. The van der Waals surface area contributed by atoms with E-state index in [4.69, 9.17) is 10.5 Å². The van der Waals surface area contributed by atoms with E-state index in [0.717, 1.165) is 29.7 Å². The van der Waals surface area contributed by atoms with Crippen molar-refractivity contribution < 1.29 is 9.84 Å². The number of rotatable bonds is 4. The molecule has 0 bridgehead atoms. The minimum atomic E-state index is -0.564. The fraction of sp³-hybridized carbons (Fsp3) is 0.571. The van der Waals surface area contributed by atoms with E-state index in [2.05, 4.69) is 13.8 Å². The van der Waals surface area contributed by atoms with Gasteiger partial charge in [-0.2, -0.15) is 0 Å². The van der Waals surface area contributed by atoms with Gasteiger partial charge in [-0.1, -0.05) is 19.9 Å². The summed E-state index contributed by atoms with van der Waals surface area (Å²) in [6.07, 6.45) is 1.24. The van der Waals surface area contributed by atoms with E-state index in [-0.39, 0.29) is 0 Å². The Bertz CT molecular complexity index is 411. The lowest BCUT2D eigenvalue weighted by atomic mass is 9.94. The van der Waals surface area contributed by atoms with Gasteiger partial charge in [0, 0.05) is 5.54 Å². The number of aliphatic hydroxyl groups excluding tert-OH is 1. The van der Waals surface area contributed by atoms with E-state index in [1.165, 1.54) is 0 Å². The van der Waals surface area contributed by atoms with Crippen LogP contribution < -0.4 is 10.5 Å². The molecule has 3 heteroatoms. The van der Waals surface area contributed by atoms with Crippen LogP contribution >= 0.6 is 0 Å². The fourth-order valence-electron chi connectivity index (χ4n) is 2.12. The third-order valence-corrected chi connectivity index (χ3v) is 3.56. The van der Waals surface area contributed by atoms with Crippen LogP contribution in [0.2, 0.25) is 0 Å². The summed E-state index contributed by atoms with van der Waals surface area (Å²) in [6.45, 7) is 4.23. The van der Waals surface area contributed by atoms with Crippen molar-refractivity contribution >= 4 is 0 Å². The van der Waals surface area contributed by atoms with Crippen molar-refractivity contribution in [1.82, 2.24) is 0 Å². The molecule has 1 aromatic rings. The van der Waals surface area contributed by atoms with Gasteiger partial charge in [-0.15, -0.1) is 0 Å². The van der Waals surface area contributed by atoms with Crippen LogP contribution in [-0.4, -0.2) is 17.8 Å². The van der Waals surface area contributed by atoms with Crippen molar-refractivity contribution in [2.45, 2.75) is 44.2 Å². The van der Waals surface area contributed by atoms with Gasteiger partial charge in [-0.05, 0) is 42.0 Å². The highest BCUT2D eigenvalue weighted by atomic mass is 16.5. The summed E-state index contributed by atoms with van der Waals surface area (Å²) in [5.74, 6) is 1.24. The lowest BCUT2D eigenvalue weighted by Crippen LogP contribution is -2.30. The van der Waals surface area contributed by atoms with Crippen molar-refractivity contribution in [2.75, 3.05) is 7.11 Å². The molecule has 0 radical (unpaired) electrons. The quantitative estimate of drug-likeness (QED) is 0.842. The molecule has 0 heterocycles. The zero-order valence-corrected chi connectivity index (χ0v) is 10.7. The lowest BCUT2D eigenvalue weighted by Gasteiger charge is -2.20. The number of benzene rings is 1. The summed E-state index contributed by atoms with van der Waals surface area (Å²) >= 11 is 0. The summed E-state index contributed by atoms with van der Waals surface area (Å²) < 4.78 is 5.33. The zero-order valence-electron chi connectivity index (χ0n) is 10.7. The summed E-state index contributed by atoms with van der Waals surface area (Å²) in [5.41, 5.74) is 7.65. The summed E-state index contributed by atoms with van der Waals surface area (Å²) in [4.78, 5) is 0. The molecule has 94 valence electrons. The van der Waals surface area contributed by atoms with Crippen LogP contribution in [0.5, 0.6) is 5.75 Å². The molecule has 3 nitrogen and oxygen atoms in total. The molecule has 1 atom stereocenters. The Kier molecular flexibility index (Phi) is 3.15. The smallest absolute Gasteiger partial charge is 0.122 e. The highest BCUT2D eigenvalue weighted by molar-refractivity contribution is 5.41. The molecule has 0 amide bonds. The van der Waals surface area contributed by atoms with Gasteiger partial charge in [0.2, 0.25) is 0 Å². The normalized spacial score (nSPS) is 19.2. The molecule has 2 rings (SSSR count). The van der Waals surface area contributed by atoms with Crippen LogP contribution in [0.1, 0.15) is 49.8 Å². The van der Waals surface area contributed by atoms with Crippen LogP contribution in [0.4, 0.5) is 0 Å². The Morgan fingerprint density at radius 3 is 2.47 bits per heavy atom. The molecular weight excluding hydrogens is 214 g/mol. The van der Waals surface area contributed by atoms with Crippen LogP contribution in [0.3, 0.4) is 0 Å². The van der Waals surface area contributed by atoms with Crippen LogP contribution in [-0.2, 0) is 0 Å². The third-order valence-electron chi connectivity index (χ3n) is 3.56. The first-order valence-corrected chi connectivity index (χ1v) is 6.13. The molecule has 17 heavy (non-hydrogen) atoms. The first-order valence-electron chi connectivity index (χ1n) is 6.13. The van der Waals surface area contributed by atoms with Gasteiger partial charge in [0.25, 0.3) is 0 Å². The number of aliphatic hydroxyl groups is 1. The average Bonchev–Trinajstić information content (AvgIpc) is 3.06. The molecule has 0 spiro atoms. The molecule has 0 aliphatic heterocycles. The predicted molar refractivity (Wildman–Crippen MR) is 68.2 cm³/mol. The molecule has 1 saturated carbocycles. The molecular formula is C14H21NO2. The van der Waals surface area contributed by atoms with E-state index in [1.54, 1.807) is 7.11 Å². The van der Waals surface area contributed by atoms with Gasteiger partial charge in [-0.3, -0.25) is 0 Å². The number of methoxy groups -OCH3 is 1. The molecule has 1 unspecified atom stereocenters. The van der Waals surface area contributed by atoms with Gasteiger partial charge < -0.3 is 15.6 Å². The number of hydrogen-bond acceptors (Lipinski definition) is 3. The first kappa shape index (κ1) is 12.4. The highest BCUT2D eigenvalue weighted by Gasteiger charge is 2.45. The topological polar surface area (TPSA) is 55.5 Å². The second-order valence-electron chi connectivity index (χ2n) is 5.29. The Labute approximate surface area is 103 Å². The third kappa shape index (κ3) is 2.31. The predicted octanol–water partition coefficient (Wildman–Crippen LogP) is 2.34. The second kappa shape index (κ2) is 4.31. The minimum Gasteiger partial charge on any atom is -0.496 e. The highest BCUT2D eigenvalue weighted by Crippen LogP contribution is 2.44. The molecule has 0 saturated heterocycles. The molecule has 1 aromatic carbocycles. The monoisotopic (exact) mass is 235 g/mol. The Balaban J connectivity index is 2.33. The Morgan fingerprint density at radius 1 is 1.35 bits per heavy atom. The fourth-order valence-corrected chi connectivity index (χ4v) is 2.12. The zero-order chi connectivity index (χ0) is 12.6. The molecule has 1 fully saturated rings. The van der Waals surface area contributed by atoms with E-state index in [9.17, 15) is 5.11 Å². The first-order chi connectivity index (χ1) is 7.98. The van der Waals surface area contributed by atoms with Gasteiger partial charge in [0.1, 0.15) is 5.75 Å². The van der Waals surface area contributed by atoms with Gasteiger partial charge in [-0.25, -0.2) is 0 Å². The Morgan fingerprint density at radius 2 is 2.00 bits per heavy atom. The summed E-state index contributed by atoms with van der Waals surface area (Å²) in [7, 11) is 1.67. The molecule has 3 N–H and O–H groups in total. The number of ether oxygens (including phenoxy) is 1. The standard InChI is InChI=1S/C14H21NO2/c1-9(2)11-8-10(4-5-12(11)17-3)13(16)14(15)6-7-14/h4-5,8-9,13,16H,6-7,15H2,1-3H3. The molecule has 1 aliphatic carbocycles. The maximum Gasteiger partial charge on any atom is 0.122 e. The van der Waals surface area contributed by atoms with E-state index >= 15 is 0 Å². The average molecular weight is 235 g/mol. The number of hydrogen-bond donors (Lipinski definition) is 2. The molecule has 1 aliphatic rings. The van der Waals surface area contributed by atoms with Gasteiger partial charge in [0.05, 0.1) is 13.2 Å². The summed E-state index contributed by atoms with van der Waals surface area (Å²) in [5, 5.41) is 10.2. The van der Waals surface area contributed by atoms with Crippen molar-refractivity contribution in [2.24, 2.45) is 5.73 Å². The maximum atomic E-state index is 10.2. The van der Waals surface area contributed by atoms with Gasteiger partial charge in [0.15, 0.2) is 0 Å². The van der Waals surface area contributed by atoms with Crippen molar-refractivity contribution in [3.8, 4) is 5.75 Å². The lowest BCUT2D eigenvalue weighted by molar-refractivity contribution is 0.136. The van der Waals surface area contributed by atoms with Crippen molar-refractivity contribution in [1.29, 1.82) is 0 Å². The van der Waals surface area contributed by atoms with Crippen molar-refractivity contribution in [3.05, 3.63) is 29.3 Å². The van der Waals surface area contributed by atoms with Gasteiger partial charge >= 0.3 is 0 Å². The number of nitrogens with two attached hydrogens (primary N) is 1. The van der Waals surface area contributed by atoms with E-state index in [1.807, 2.05) is 18.2 Å². The summed E-state index contributed by atoms with van der Waals surface area (Å²) in [6, 6.07) is 5.84. The van der Waals surface area contributed by atoms with Crippen LogP contribution in [0.25, 0.3) is 0 Å². The minimum absolute atomic E-state index is 0.366. The maximum absolute atomic E-state index is 10.2. The Hall–Kier alpha value is -1.06. The largest absolute Gasteiger partial charge is 0.496 e.